The molecular formula is C30H33NO3. The predicted octanol–water partition coefficient (Wildman–Crippen LogP) is 6.42. The van der Waals surface area contributed by atoms with E-state index in [9.17, 15) is 9.90 Å². The van der Waals surface area contributed by atoms with Gasteiger partial charge in [-0.1, -0.05) is 56.3 Å². The van der Waals surface area contributed by atoms with E-state index in [1.54, 1.807) is 12.1 Å². The standard InChI is InChI=1S/C30H33NO3/c1-5-21(2)23-9-13-26(14-10-23)31-19-18-24-20-27(32)15-16-28(24)30(31,3)25-11-6-22(7-12-25)8-17-29(33)34-4/h6-17,20-21,32H,5,18-19H2,1-4H3. The summed E-state index contributed by atoms with van der Waals surface area (Å²) in [5.41, 5.74) is 6.58. The molecule has 176 valence electrons. The monoisotopic (exact) mass is 455 g/mol. The molecule has 0 saturated carbocycles. The van der Waals surface area contributed by atoms with E-state index in [2.05, 4.69) is 68.1 Å². The normalized spacial score (nSPS) is 18.5. The number of benzene rings is 3. The molecule has 0 radical (unpaired) electrons. The number of aromatic hydroxyl groups is 1. The van der Waals surface area contributed by atoms with Gasteiger partial charge >= 0.3 is 5.97 Å². The first kappa shape index (κ1) is 23.6. The molecule has 4 heteroatoms. The van der Waals surface area contributed by atoms with Gasteiger partial charge in [0.1, 0.15) is 5.75 Å². The second-order valence-corrected chi connectivity index (χ2v) is 9.19. The smallest absolute Gasteiger partial charge is 0.330 e. The van der Waals surface area contributed by atoms with Crippen molar-refractivity contribution in [1.29, 1.82) is 0 Å². The van der Waals surface area contributed by atoms with Crippen LogP contribution in [0.2, 0.25) is 0 Å². The fraction of sp³-hybridized carbons (Fsp3) is 0.300. The van der Waals surface area contributed by atoms with Gasteiger partial charge in [0.2, 0.25) is 0 Å². The van der Waals surface area contributed by atoms with E-state index in [4.69, 9.17) is 4.74 Å². The molecule has 1 N–H and O–H groups in total. The largest absolute Gasteiger partial charge is 0.508 e. The number of anilines is 1. The zero-order valence-electron chi connectivity index (χ0n) is 20.4. The molecule has 0 spiro atoms. The molecule has 0 aromatic heterocycles. The van der Waals surface area contributed by atoms with Gasteiger partial charge in [0, 0.05) is 18.3 Å². The highest BCUT2D eigenvalue weighted by Crippen LogP contribution is 2.44. The van der Waals surface area contributed by atoms with Gasteiger partial charge in [-0.05, 0) is 83.8 Å². The van der Waals surface area contributed by atoms with Crippen LogP contribution < -0.4 is 4.90 Å². The topological polar surface area (TPSA) is 49.8 Å². The second kappa shape index (κ2) is 9.76. The lowest BCUT2D eigenvalue weighted by molar-refractivity contribution is -0.134. The molecule has 0 bridgehead atoms. The van der Waals surface area contributed by atoms with E-state index in [-0.39, 0.29) is 5.97 Å². The average molecular weight is 456 g/mol. The van der Waals surface area contributed by atoms with Crippen LogP contribution in [0.5, 0.6) is 5.75 Å². The maximum Gasteiger partial charge on any atom is 0.330 e. The highest BCUT2D eigenvalue weighted by molar-refractivity contribution is 5.86. The molecule has 0 aliphatic carbocycles. The highest BCUT2D eigenvalue weighted by atomic mass is 16.5. The number of hydrogen-bond acceptors (Lipinski definition) is 4. The maximum atomic E-state index is 11.5. The number of ether oxygens (including phenoxy) is 1. The number of esters is 1. The number of methoxy groups -OCH3 is 1. The van der Waals surface area contributed by atoms with E-state index in [1.807, 2.05) is 18.2 Å². The van der Waals surface area contributed by atoms with Crippen molar-refractivity contribution >= 4 is 17.7 Å². The van der Waals surface area contributed by atoms with Gasteiger partial charge in [-0.3, -0.25) is 0 Å². The minimum Gasteiger partial charge on any atom is -0.508 e. The Morgan fingerprint density at radius 3 is 2.47 bits per heavy atom. The van der Waals surface area contributed by atoms with Crippen molar-refractivity contribution in [2.45, 2.75) is 45.1 Å². The molecule has 0 amide bonds. The summed E-state index contributed by atoms with van der Waals surface area (Å²) in [4.78, 5) is 13.9. The summed E-state index contributed by atoms with van der Waals surface area (Å²) in [5.74, 6) is 0.468. The molecule has 4 rings (SSSR count). The van der Waals surface area contributed by atoms with E-state index < -0.39 is 5.54 Å². The third kappa shape index (κ3) is 4.45. The number of nitrogens with zero attached hydrogens (tertiary/aromatic N) is 1. The molecule has 1 aliphatic heterocycles. The van der Waals surface area contributed by atoms with Crippen LogP contribution in [0.25, 0.3) is 6.08 Å². The zero-order chi connectivity index (χ0) is 24.3. The minimum atomic E-state index is -0.413. The van der Waals surface area contributed by atoms with Crippen molar-refractivity contribution in [3.63, 3.8) is 0 Å². The highest BCUT2D eigenvalue weighted by Gasteiger charge is 2.40. The van der Waals surface area contributed by atoms with Crippen LogP contribution in [0.15, 0.2) is 72.8 Å². The fourth-order valence-corrected chi connectivity index (χ4v) is 4.93. The lowest BCUT2D eigenvalue weighted by Crippen LogP contribution is -2.49. The first-order valence-corrected chi connectivity index (χ1v) is 11.9. The Labute approximate surface area is 202 Å². The van der Waals surface area contributed by atoms with Gasteiger partial charge < -0.3 is 14.7 Å². The molecule has 0 saturated heterocycles. The van der Waals surface area contributed by atoms with Gasteiger partial charge in [-0.25, -0.2) is 4.79 Å². The second-order valence-electron chi connectivity index (χ2n) is 9.19. The SMILES string of the molecule is CCC(C)c1ccc(N2CCc3cc(O)ccc3C2(C)c2ccc(C=CC(=O)OC)cc2)cc1. The summed E-state index contributed by atoms with van der Waals surface area (Å²) in [7, 11) is 1.37. The van der Waals surface area contributed by atoms with Gasteiger partial charge in [-0.15, -0.1) is 0 Å². The van der Waals surface area contributed by atoms with Crippen LogP contribution in [0, 0.1) is 0 Å². The van der Waals surface area contributed by atoms with E-state index in [0.717, 1.165) is 30.5 Å². The number of phenolic OH excluding ortho intramolecular Hbond substituents is 1. The van der Waals surface area contributed by atoms with Crippen LogP contribution in [0.1, 0.15) is 60.9 Å². The zero-order valence-corrected chi connectivity index (χ0v) is 20.4. The van der Waals surface area contributed by atoms with E-state index in [1.165, 1.54) is 35.6 Å². The number of fused-ring (bicyclic) bond motifs is 1. The Morgan fingerprint density at radius 1 is 1.12 bits per heavy atom. The minimum absolute atomic E-state index is 0.302. The Kier molecular flexibility index (Phi) is 6.78. The molecule has 1 aliphatic rings. The van der Waals surface area contributed by atoms with Crippen molar-refractivity contribution in [2.24, 2.45) is 0 Å². The molecule has 0 fully saturated rings. The average Bonchev–Trinajstić information content (AvgIpc) is 2.87. The predicted molar refractivity (Wildman–Crippen MR) is 138 cm³/mol. The Balaban J connectivity index is 1.77. The van der Waals surface area contributed by atoms with Crippen molar-refractivity contribution in [3.8, 4) is 5.75 Å². The molecular weight excluding hydrogens is 422 g/mol. The Morgan fingerprint density at radius 2 is 1.82 bits per heavy atom. The van der Waals surface area contributed by atoms with Gasteiger partial charge in [0.25, 0.3) is 0 Å². The van der Waals surface area contributed by atoms with Crippen LogP contribution in [0.4, 0.5) is 5.69 Å². The molecule has 34 heavy (non-hydrogen) atoms. The summed E-state index contributed by atoms with van der Waals surface area (Å²) in [6.07, 6.45) is 5.18. The van der Waals surface area contributed by atoms with Crippen molar-refractivity contribution in [3.05, 3.63) is 101 Å². The summed E-state index contributed by atoms with van der Waals surface area (Å²) >= 11 is 0. The summed E-state index contributed by atoms with van der Waals surface area (Å²) < 4.78 is 4.70. The first-order valence-electron chi connectivity index (χ1n) is 11.9. The molecule has 3 aromatic carbocycles. The van der Waals surface area contributed by atoms with Gasteiger partial charge in [0.05, 0.1) is 12.6 Å². The molecule has 3 aromatic rings. The van der Waals surface area contributed by atoms with Crippen LogP contribution in [0.3, 0.4) is 0 Å². The lowest BCUT2D eigenvalue weighted by Gasteiger charge is -2.48. The summed E-state index contributed by atoms with van der Waals surface area (Å²) in [6, 6.07) is 23.0. The summed E-state index contributed by atoms with van der Waals surface area (Å²) in [5, 5.41) is 10.1. The third-order valence-electron chi connectivity index (χ3n) is 7.23. The number of hydrogen-bond donors (Lipinski definition) is 1. The molecule has 2 unspecified atom stereocenters. The van der Waals surface area contributed by atoms with Gasteiger partial charge in [-0.2, -0.15) is 0 Å². The number of carbonyl (C=O) groups excluding carboxylic acids is 1. The number of rotatable bonds is 6. The van der Waals surface area contributed by atoms with Crippen molar-refractivity contribution < 1.29 is 14.6 Å². The van der Waals surface area contributed by atoms with Gasteiger partial charge in [0.15, 0.2) is 0 Å². The summed E-state index contributed by atoms with van der Waals surface area (Å²) in [6.45, 7) is 7.58. The quantitative estimate of drug-likeness (QED) is 0.344. The lowest BCUT2D eigenvalue weighted by atomic mass is 9.76. The van der Waals surface area contributed by atoms with Crippen LogP contribution in [-0.4, -0.2) is 24.7 Å². The van der Waals surface area contributed by atoms with Crippen molar-refractivity contribution in [1.82, 2.24) is 0 Å². The van der Waals surface area contributed by atoms with E-state index >= 15 is 0 Å². The molecule has 2 atom stereocenters. The molecule has 1 heterocycles. The fourth-order valence-electron chi connectivity index (χ4n) is 4.93. The van der Waals surface area contributed by atoms with Crippen molar-refractivity contribution in [2.75, 3.05) is 18.6 Å². The third-order valence-corrected chi connectivity index (χ3v) is 7.23. The number of carbonyl (C=O) groups is 1. The first-order chi connectivity index (χ1) is 16.4. The molecule has 4 nitrogen and oxygen atoms in total. The number of phenols is 1. The van der Waals surface area contributed by atoms with E-state index in [0.29, 0.717) is 11.7 Å². The Bertz CT molecular complexity index is 1180. The Hall–Kier alpha value is -3.53. The van der Waals surface area contributed by atoms with Crippen LogP contribution in [-0.2, 0) is 21.5 Å². The maximum absolute atomic E-state index is 11.5. The van der Waals surface area contributed by atoms with Crippen LogP contribution >= 0.6 is 0 Å².